The van der Waals surface area contributed by atoms with Crippen LogP contribution in [0.3, 0.4) is 0 Å². The quantitative estimate of drug-likeness (QED) is 0.805. The normalized spacial score (nSPS) is 24.5. The van der Waals surface area contributed by atoms with Gasteiger partial charge in [-0.25, -0.2) is 0 Å². The van der Waals surface area contributed by atoms with Gasteiger partial charge in [0, 0.05) is 31.1 Å². The second kappa shape index (κ2) is 8.38. The van der Waals surface area contributed by atoms with Crippen molar-refractivity contribution in [3.63, 3.8) is 0 Å². The molecule has 112 valence electrons. The molecule has 0 bridgehead atoms. The Hall–Kier alpha value is -0.930. The highest BCUT2D eigenvalue weighted by Gasteiger charge is 2.21. The summed E-state index contributed by atoms with van der Waals surface area (Å²) in [4.78, 5) is 4.35. The Bertz CT molecular complexity index is 369. The van der Waals surface area contributed by atoms with Crippen LogP contribution >= 0.6 is 0 Å². The van der Waals surface area contributed by atoms with E-state index in [2.05, 4.69) is 17.2 Å². The third-order valence-electron chi connectivity index (χ3n) is 4.54. The van der Waals surface area contributed by atoms with Crippen LogP contribution in [-0.4, -0.2) is 29.3 Å². The molecule has 0 aromatic carbocycles. The summed E-state index contributed by atoms with van der Waals surface area (Å²) >= 11 is 0. The lowest BCUT2D eigenvalue weighted by Crippen LogP contribution is -2.38. The maximum Gasteiger partial charge on any atom is 0.0475 e. The molecule has 1 aliphatic rings. The van der Waals surface area contributed by atoms with Crippen molar-refractivity contribution in [2.75, 3.05) is 13.2 Å². The third-order valence-corrected chi connectivity index (χ3v) is 4.54. The van der Waals surface area contributed by atoms with Crippen molar-refractivity contribution in [2.45, 2.75) is 51.5 Å². The molecular weight excluding hydrogens is 248 g/mol. The number of aromatic nitrogens is 1. The minimum atomic E-state index is 0.230. The lowest BCUT2D eigenvalue weighted by Gasteiger charge is -2.30. The zero-order valence-corrected chi connectivity index (χ0v) is 12.6. The summed E-state index contributed by atoms with van der Waals surface area (Å²) < 4.78 is 0. The van der Waals surface area contributed by atoms with Crippen molar-refractivity contribution < 1.29 is 5.11 Å². The molecule has 2 rings (SSSR count). The number of nitrogens with one attached hydrogen (secondary N) is 1. The van der Waals surface area contributed by atoms with Crippen LogP contribution in [0.2, 0.25) is 0 Å². The molecule has 2 N–H and O–H groups in total. The minimum Gasteiger partial charge on any atom is -0.396 e. The van der Waals surface area contributed by atoms with E-state index >= 15 is 0 Å². The van der Waals surface area contributed by atoms with E-state index in [0.717, 1.165) is 24.6 Å². The van der Waals surface area contributed by atoms with Gasteiger partial charge in [0.05, 0.1) is 0 Å². The molecule has 20 heavy (non-hydrogen) atoms. The number of hydrogen-bond donors (Lipinski definition) is 2. The number of rotatable bonds is 7. The van der Waals surface area contributed by atoms with Crippen LogP contribution in [-0.2, 0) is 6.42 Å². The maximum atomic E-state index is 9.55. The van der Waals surface area contributed by atoms with Gasteiger partial charge in [0.1, 0.15) is 0 Å². The lowest BCUT2D eigenvalue weighted by atomic mass is 9.84. The molecule has 3 unspecified atom stereocenters. The first-order valence-corrected chi connectivity index (χ1v) is 8.06. The van der Waals surface area contributed by atoms with Crippen molar-refractivity contribution >= 4 is 0 Å². The molecule has 1 saturated carbocycles. The molecule has 1 aromatic heterocycles. The summed E-state index contributed by atoms with van der Waals surface area (Å²) in [6.07, 6.45) is 9.32. The first kappa shape index (κ1) is 15.5. The number of nitrogens with zero attached hydrogens (tertiary/aromatic N) is 1. The van der Waals surface area contributed by atoms with Crippen LogP contribution in [0.1, 0.15) is 44.7 Å². The van der Waals surface area contributed by atoms with Gasteiger partial charge in [-0.2, -0.15) is 0 Å². The van der Waals surface area contributed by atoms with Gasteiger partial charge in [-0.05, 0) is 43.2 Å². The molecule has 1 aromatic rings. The van der Waals surface area contributed by atoms with Crippen LogP contribution in [0, 0.1) is 11.8 Å². The van der Waals surface area contributed by atoms with Crippen molar-refractivity contribution in [3.05, 3.63) is 30.1 Å². The molecule has 1 heterocycles. The average molecular weight is 276 g/mol. The molecular formula is C17H28N2O. The topological polar surface area (TPSA) is 45.1 Å². The Labute approximate surface area is 122 Å². The van der Waals surface area contributed by atoms with Crippen LogP contribution in [0.4, 0.5) is 0 Å². The molecule has 0 aliphatic heterocycles. The van der Waals surface area contributed by atoms with E-state index in [0.29, 0.717) is 6.04 Å². The van der Waals surface area contributed by atoms with Gasteiger partial charge in [-0.3, -0.25) is 4.98 Å². The fourth-order valence-electron chi connectivity index (χ4n) is 3.20. The van der Waals surface area contributed by atoms with E-state index in [9.17, 15) is 5.11 Å². The second-order valence-electron chi connectivity index (χ2n) is 6.12. The summed E-state index contributed by atoms with van der Waals surface area (Å²) in [5, 5.41) is 13.2. The number of aliphatic hydroxyl groups excluding tert-OH is 1. The molecule has 0 saturated heterocycles. The van der Waals surface area contributed by atoms with Crippen LogP contribution in [0.15, 0.2) is 24.4 Å². The maximum absolute atomic E-state index is 9.55. The van der Waals surface area contributed by atoms with Crippen molar-refractivity contribution in [1.82, 2.24) is 10.3 Å². The zero-order chi connectivity index (χ0) is 14.2. The highest BCUT2D eigenvalue weighted by atomic mass is 16.3. The van der Waals surface area contributed by atoms with E-state index in [1.807, 2.05) is 24.4 Å². The van der Waals surface area contributed by atoms with Gasteiger partial charge < -0.3 is 10.4 Å². The first-order valence-electron chi connectivity index (χ1n) is 8.06. The Balaban J connectivity index is 1.76. The van der Waals surface area contributed by atoms with Crippen LogP contribution < -0.4 is 5.32 Å². The summed E-state index contributed by atoms with van der Waals surface area (Å²) in [7, 11) is 0. The smallest absolute Gasteiger partial charge is 0.0475 e. The summed E-state index contributed by atoms with van der Waals surface area (Å²) in [6.45, 7) is 3.42. The first-order chi connectivity index (χ1) is 9.81. The van der Waals surface area contributed by atoms with E-state index in [1.165, 1.54) is 32.1 Å². The van der Waals surface area contributed by atoms with Gasteiger partial charge >= 0.3 is 0 Å². The zero-order valence-electron chi connectivity index (χ0n) is 12.6. The van der Waals surface area contributed by atoms with Gasteiger partial charge in [-0.1, -0.05) is 32.3 Å². The van der Waals surface area contributed by atoms with Gasteiger partial charge in [0.25, 0.3) is 0 Å². The van der Waals surface area contributed by atoms with E-state index in [1.54, 1.807) is 0 Å². The van der Waals surface area contributed by atoms with Gasteiger partial charge in [0.15, 0.2) is 0 Å². The number of aliphatic hydroxyl groups is 1. The Morgan fingerprint density at radius 3 is 3.00 bits per heavy atom. The largest absolute Gasteiger partial charge is 0.396 e. The standard InChI is InChI=1S/C17H28N2O/c1-2-14-6-5-8-17(10-14)19-12-15(13-20)11-16-7-3-4-9-18-16/h3-4,7,9,14-15,17,19-20H,2,5-6,8,10-13H2,1H3. The third kappa shape index (κ3) is 4.88. The molecule has 3 heteroatoms. The van der Waals surface area contributed by atoms with Gasteiger partial charge in [0.2, 0.25) is 0 Å². The van der Waals surface area contributed by atoms with Gasteiger partial charge in [-0.15, -0.1) is 0 Å². The average Bonchev–Trinajstić information content (AvgIpc) is 2.52. The second-order valence-corrected chi connectivity index (χ2v) is 6.12. The van der Waals surface area contributed by atoms with E-state index in [4.69, 9.17) is 0 Å². The molecule has 0 amide bonds. The van der Waals surface area contributed by atoms with Crippen LogP contribution in [0.5, 0.6) is 0 Å². The number of hydrogen-bond acceptors (Lipinski definition) is 3. The van der Waals surface area contributed by atoms with E-state index < -0.39 is 0 Å². The predicted octanol–water partition coefficient (Wildman–Crippen LogP) is 2.79. The van der Waals surface area contributed by atoms with E-state index in [-0.39, 0.29) is 12.5 Å². The van der Waals surface area contributed by atoms with Crippen LogP contribution in [0.25, 0.3) is 0 Å². The highest BCUT2D eigenvalue weighted by molar-refractivity contribution is 5.04. The molecule has 0 spiro atoms. The summed E-state index contributed by atoms with van der Waals surface area (Å²) in [6, 6.07) is 6.63. The predicted molar refractivity (Wildman–Crippen MR) is 82.6 cm³/mol. The Morgan fingerprint density at radius 1 is 1.40 bits per heavy atom. The molecule has 1 fully saturated rings. The Kier molecular flexibility index (Phi) is 6.48. The molecule has 3 atom stereocenters. The van der Waals surface area contributed by atoms with Crippen molar-refractivity contribution in [1.29, 1.82) is 0 Å². The Morgan fingerprint density at radius 2 is 2.30 bits per heavy atom. The summed E-state index contributed by atoms with van der Waals surface area (Å²) in [5.74, 6) is 1.16. The van der Waals surface area contributed by atoms with Crippen molar-refractivity contribution in [3.8, 4) is 0 Å². The number of pyridine rings is 1. The monoisotopic (exact) mass is 276 g/mol. The fourth-order valence-corrected chi connectivity index (χ4v) is 3.20. The molecule has 3 nitrogen and oxygen atoms in total. The highest BCUT2D eigenvalue weighted by Crippen LogP contribution is 2.26. The fraction of sp³-hybridized carbons (Fsp3) is 0.706. The molecule has 0 radical (unpaired) electrons. The minimum absolute atomic E-state index is 0.230. The van der Waals surface area contributed by atoms with Crippen molar-refractivity contribution in [2.24, 2.45) is 11.8 Å². The lowest BCUT2D eigenvalue weighted by molar-refractivity contribution is 0.205. The SMILES string of the molecule is CCC1CCCC(NCC(CO)Cc2ccccn2)C1. The summed E-state index contributed by atoms with van der Waals surface area (Å²) in [5.41, 5.74) is 1.07. The molecule has 1 aliphatic carbocycles.